The van der Waals surface area contributed by atoms with E-state index in [1.165, 1.54) is 31.7 Å². The van der Waals surface area contributed by atoms with Gasteiger partial charge in [0.05, 0.1) is 10.5 Å². The number of hydrogen-bond donors (Lipinski definition) is 2. The third kappa shape index (κ3) is 5.18. The van der Waals surface area contributed by atoms with Crippen LogP contribution in [0.25, 0.3) is 0 Å². The SMILES string of the molecule is O=C(NCCNc1ccccc1[N+](=O)[O-])c1ccc(N2CCCCCC2)nc1. The minimum absolute atomic E-state index is 0.0159. The minimum atomic E-state index is -0.432. The highest BCUT2D eigenvalue weighted by molar-refractivity contribution is 5.94. The number of hydrogen-bond acceptors (Lipinski definition) is 6. The van der Waals surface area contributed by atoms with Crippen molar-refractivity contribution in [2.75, 3.05) is 36.4 Å². The molecular weight excluding hydrogens is 358 g/mol. The molecule has 1 aliphatic heterocycles. The van der Waals surface area contributed by atoms with Crippen molar-refractivity contribution < 1.29 is 9.72 Å². The number of aromatic nitrogens is 1. The van der Waals surface area contributed by atoms with Crippen LogP contribution in [0, 0.1) is 10.1 Å². The Morgan fingerprint density at radius 3 is 2.50 bits per heavy atom. The molecule has 28 heavy (non-hydrogen) atoms. The zero-order valence-electron chi connectivity index (χ0n) is 15.8. The fraction of sp³-hybridized carbons (Fsp3) is 0.400. The third-order valence-electron chi connectivity index (χ3n) is 4.77. The van der Waals surface area contributed by atoms with Crippen molar-refractivity contribution in [2.45, 2.75) is 25.7 Å². The fourth-order valence-electron chi connectivity index (χ4n) is 3.26. The van der Waals surface area contributed by atoms with Crippen LogP contribution in [0.3, 0.4) is 0 Å². The third-order valence-corrected chi connectivity index (χ3v) is 4.77. The number of nitrogens with zero attached hydrogens (tertiary/aromatic N) is 3. The molecular formula is C20H25N5O3. The van der Waals surface area contributed by atoms with Crippen LogP contribution in [0.4, 0.5) is 17.2 Å². The lowest BCUT2D eigenvalue weighted by molar-refractivity contribution is -0.384. The average Bonchev–Trinajstić information content (AvgIpc) is 3.01. The molecule has 2 aromatic rings. The number of nitro groups is 1. The van der Waals surface area contributed by atoms with Gasteiger partial charge in [0.15, 0.2) is 0 Å². The molecule has 0 saturated carbocycles. The maximum absolute atomic E-state index is 12.3. The Morgan fingerprint density at radius 2 is 1.82 bits per heavy atom. The Bertz CT molecular complexity index is 802. The quantitative estimate of drug-likeness (QED) is 0.433. The van der Waals surface area contributed by atoms with Gasteiger partial charge in [-0.1, -0.05) is 25.0 Å². The smallest absolute Gasteiger partial charge is 0.292 e. The molecule has 8 nitrogen and oxygen atoms in total. The summed E-state index contributed by atoms with van der Waals surface area (Å²) in [5, 5.41) is 16.8. The molecule has 1 saturated heterocycles. The molecule has 0 atom stereocenters. The van der Waals surface area contributed by atoms with E-state index in [1.54, 1.807) is 30.5 Å². The van der Waals surface area contributed by atoms with Gasteiger partial charge in [0.1, 0.15) is 11.5 Å². The number of benzene rings is 1. The summed E-state index contributed by atoms with van der Waals surface area (Å²) in [6.45, 7) is 2.75. The van der Waals surface area contributed by atoms with E-state index in [2.05, 4.69) is 20.5 Å². The summed E-state index contributed by atoms with van der Waals surface area (Å²) >= 11 is 0. The van der Waals surface area contributed by atoms with Crippen LogP contribution in [-0.4, -0.2) is 42.0 Å². The van der Waals surface area contributed by atoms with E-state index in [0.29, 0.717) is 24.3 Å². The van der Waals surface area contributed by atoms with E-state index in [0.717, 1.165) is 18.9 Å². The van der Waals surface area contributed by atoms with E-state index in [4.69, 9.17) is 0 Å². The summed E-state index contributed by atoms with van der Waals surface area (Å²) in [5.41, 5.74) is 0.955. The number of carbonyl (C=O) groups excluding carboxylic acids is 1. The first-order valence-corrected chi connectivity index (χ1v) is 9.61. The van der Waals surface area contributed by atoms with Gasteiger partial charge in [0.2, 0.25) is 0 Å². The number of carbonyl (C=O) groups is 1. The Balaban J connectivity index is 1.48. The molecule has 1 aromatic carbocycles. The summed E-state index contributed by atoms with van der Waals surface area (Å²) in [4.78, 5) is 29.6. The topological polar surface area (TPSA) is 100 Å². The average molecular weight is 383 g/mol. The fourth-order valence-corrected chi connectivity index (χ4v) is 3.26. The second-order valence-electron chi connectivity index (χ2n) is 6.76. The van der Waals surface area contributed by atoms with Crippen LogP contribution in [-0.2, 0) is 0 Å². The van der Waals surface area contributed by atoms with Crippen molar-refractivity contribution in [1.29, 1.82) is 0 Å². The number of rotatable bonds is 7. The van der Waals surface area contributed by atoms with Gasteiger partial charge in [-0.25, -0.2) is 4.98 Å². The number of anilines is 2. The number of nitro benzene ring substituents is 1. The van der Waals surface area contributed by atoms with Gasteiger partial charge in [-0.3, -0.25) is 14.9 Å². The van der Waals surface area contributed by atoms with Crippen LogP contribution in [0.15, 0.2) is 42.6 Å². The first-order chi connectivity index (χ1) is 13.6. The lowest BCUT2D eigenvalue weighted by Crippen LogP contribution is -2.29. The molecule has 3 rings (SSSR count). The van der Waals surface area contributed by atoms with Gasteiger partial charge in [-0.15, -0.1) is 0 Å². The molecule has 0 aliphatic carbocycles. The van der Waals surface area contributed by atoms with Crippen molar-refractivity contribution in [2.24, 2.45) is 0 Å². The molecule has 0 unspecified atom stereocenters. The van der Waals surface area contributed by atoms with Crippen LogP contribution >= 0.6 is 0 Å². The van der Waals surface area contributed by atoms with E-state index < -0.39 is 4.92 Å². The van der Waals surface area contributed by atoms with Crippen LogP contribution in [0.2, 0.25) is 0 Å². The molecule has 2 N–H and O–H groups in total. The summed E-state index contributed by atoms with van der Waals surface area (Å²) in [5.74, 6) is 0.704. The van der Waals surface area contributed by atoms with Crippen LogP contribution < -0.4 is 15.5 Å². The van der Waals surface area contributed by atoms with E-state index in [1.807, 2.05) is 6.07 Å². The zero-order valence-corrected chi connectivity index (χ0v) is 15.8. The zero-order chi connectivity index (χ0) is 19.8. The Morgan fingerprint density at radius 1 is 1.07 bits per heavy atom. The molecule has 148 valence electrons. The molecule has 1 fully saturated rings. The molecule has 0 bridgehead atoms. The number of amides is 1. The normalized spacial score (nSPS) is 14.2. The van der Waals surface area contributed by atoms with Crippen molar-refractivity contribution >= 4 is 23.1 Å². The highest BCUT2D eigenvalue weighted by Crippen LogP contribution is 2.22. The van der Waals surface area contributed by atoms with Crippen molar-refractivity contribution in [1.82, 2.24) is 10.3 Å². The van der Waals surface area contributed by atoms with E-state index in [-0.39, 0.29) is 11.6 Å². The van der Waals surface area contributed by atoms with Crippen molar-refractivity contribution in [3.05, 3.63) is 58.3 Å². The number of pyridine rings is 1. The van der Waals surface area contributed by atoms with Gasteiger partial charge in [0.25, 0.3) is 11.6 Å². The molecule has 0 spiro atoms. The van der Waals surface area contributed by atoms with Crippen molar-refractivity contribution in [3.8, 4) is 0 Å². The van der Waals surface area contributed by atoms with Gasteiger partial charge >= 0.3 is 0 Å². The largest absolute Gasteiger partial charge is 0.378 e. The Kier molecular flexibility index (Phi) is 6.78. The molecule has 2 heterocycles. The second-order valence-corrected chi connectivity index (χ2v) is 6.76. The maximum Gasteiger partial charge on any atom is 0.292 e. The predicted octanol–water partition coefficient (Wildman–Crippen LogP) is 3.21. The number of para-hydroxylation sites is 2. The van der Waals surface area contributed by atoms with Gasteiger partial charge < -0.3 is 15.5 Å². The van der Waals surface area contributed by atoms with E-state index in [9.17, 15) is 14.9 Å². The summed E-state index contributed by atoms with van der Waals surface area (Å²) in [6, 6.07) is 10.1. The maximum atomic E-state index is 12.3. The van der Waals surface area contributed by atoms with Gasteiger partial charge in [-0.05, 0) is 31.0 Å². The minimum Gasteiger partial charge on any atom is -0.378 e. The molecule has 1 aromatic heterocycles. The van der Waals surface area contributed by atoms with Gasteiger partial charge in [0, 0.05) is 38.4 Å². The molecule has 8 heteroatoms. The lowest BCUT2D eigenvalue weighted by atomic mass is 10.2. The number of nitrogens with one attached hydrogen (secondary N) is 2. The van der Waals surface area contributed by atoms with E-state index >= 15 is 0 Å². The standard InChI is InChI=1S/C20H25N5O3/c26-20(22-12-11-21-17-7-3-4-8-18(17)25(27)28)16-9-10-19(23-15-16)24-13-5-1-2-6-14-24/h3-4,7-10,15,21H,1-2,5-6,11-14H2,(H,22,26). The molecule has 1 aliphatic rings. The Labute approximate surface area is 164 Å². The molecule has 1 amide bonds. The van der Waals surface area contributed by atoms with Crippen LogP contribution in [0.5, 0.6) is 0 Å². The first-order valence-electron chi connectivity index (χ1n) is 9.61. The summed E-state index contributed by atoms with van der Waals surface area (Å²) in [7, 11) is 0. The predicted molar refractivity (Wildman–Crippen MR) is 109 cm³/mol. The Hall–Kier alpha value is -3.16. The summed E-state index contributed by atoms with van der Waals surface area (Å²) < 4.78 is 0. The first kappa shape index (κ1) is 19.6. The highest BCUT2D eigenvalue weighted by atomic mass is 16.6. The van der Waals surface area contributed by atoms with Crippen molar-refractivity contribution in [3.63, 3.8) is 0 Å². The van der Waals surface area contributed by atoms with Crippen LogP contribution in [0.1, 0.15) is 36.0 Å². The summed E-state index contributed by atoms with van der Waals surface area (Å²) in [6.07, 6.45) is 6.48. The van der Waals surface area contributed by atoms with Gasteiger partial charge in [-0.2, -0.15) is 0 Å². The second kappa shape index (κ2) is 9.68. The molecule has 0 radical (unpaired) electrons. The monoisotopic (exact) mass is 383 g/mol. The lowest BCUT2D eigenvalue weighted by Gasteiger charge is -2.21. The highest BCUT2D eigenvalue weighted by Gasteiger charge is 2.13.